The Hall–Kier alpha value is -1.81. The summed E-state index contributed by atoms with van der Waals surface area (Å²) in [6, 6.07) is 0. The van der Waals surface area contributed by atoms with Crippen LogP contribution in [0.25, 0.3) is 0 Å². The third kappa shape index (κ3) is 4.36. The lowest BCUT2D eigenvalue weighted by atomic mass is 9.31. The van der Waals surface area contributed by atoms with Crippen LogP contribution in [0.1, 0.15) is 106 Å². The molecule has 5 aliphatic carbocycles. The van der Waals surface area contributed by atoms with Crippen LogP contribution in [-0.2, 0) is 23.9 Å². The maximum atomic E-state index is 14.1. The number of ether oxygens (including phenoxy) is 2. The van der Waals surface area contributed by atoms with E-state index in [-0.39, 0.29) is 46.3 Å². The topological polar surface area (TPSA) is 151 Å². The van der Waals surface area contributed by atoms with Gasteiger partial charge in [-0.15, -0.1) is 0 Å². The third-order valence-corrected chi connectivity index (χ3v) is 15.9. The molecule has 1 aliphatic heterocycles. The Morgan fingerprint density at radius 3 is 2.15 bits per heavy atom. The lowest BCUT2D eigenvalue weighted by Gasteiger charge is -2.73. The molecule has 6 unspecified atom stereocenters. The van der Waals surface area contributed by atoms with Crippen LogP contribution >= 0.6 is 0 Å². The molecule has 4 N–H and O–H groups in total. The largest absolute Gasteiger partial charge is 0.481 e. The maximum Gasteiger partial charge on any atom is 0.309 e. The summed E-state index contributed by atoms with van der Waals surface area (Å²) in [5.74, 6) is -0.0123. The van der Waals surface area contributed by atoms with Crippen LogP contribution in [0.2, 0.25) is 0 Å². The Morgan fingerprint density at radius 1 is 0.826 bits per heavy atom. The highest BCUT2D eigenvalue weighted by Gasteiger charge is 2.72. The van der Waals surface area contributed by atoms with E-state index in [2.05, 4.69) is 48.1 Å². The molecule has 0 bridgehead atoms. The van der Waals surface area contributed by atoms with Crippen molar-refractivity contribution < 1.29 is 44.3 Å². The molecule has 9 heteroatoms. The molecule has 5 saturated carbocycles. The van der Waals surface area contributed by atoms with Gasteiger partial charge in [-0.1, -0.05) is 46.8 Å². The van der Waals surface area contributed by atoms with Crippen LogP contribution in [0.3, 0.4) is 0 Å². The van der Waals surface area contributed by atoms with Gasteiger partial charge >= 0.3 is 5.97 Å². The minimum atomic E-state index is -1.68. The summed E-state index contributed by atoms with van der Waals surface area (Å²) in [6.07, 6.45) is 0.890. The lowest BCUT2D eigenvalue weighted by Crippen LogP contribution is -2.67. The van der Waals surface area contributed by atoms with Crippen molar-refractivity contribution in [2.24, 2.45) is 62.6 Å². The first-order valence-corrected chi connectivity index (χ1v) is 17.6. The molecule has 6 aliphatic rings. The standard InChI is InChI=1S/C37H56O9/c1-19(2)20-10-15-37(32(43)44)17-16-35(6)21(25(20)37)8-9-24-34(5)13-11-22(33(3,4)23(34)12-14-36(24,35)7)26(39)30-28(41)27(40)29(42)31(46-30)45-18-38/h18,20-25,27-31,40-42H,1,8-17H2,2-7H3,(H,43,44)/t20-,21?,22-,23?,24?,25?,27+,28?,29-,30-,31?,34-,35+,36+,37-/m0/s1. The Balaban J connectivity index is 1.29. The molecular formula is C37H56O9. The van der Waals surface area contributed by atoms with Crippen molar-refractivity contribution in [2.45, 2.75) is 136 Å². The van der Waals surface area contributed by atoms with Crippen molar-refractivity contribution in [3.63, 3.8) is 0 Å². The number of carbonyl (C=O) groups excluding carboxylic acids is 2. The fourth-order valence-corrected chi connectivity index (χ4v) is 13.5. The van der Waals surface area contributed by atoms with Gasteiger partial charge in [0.2, 0.25) is 6.29 Å². The quantitative estimate of drug-likeness (QED) is 0.234. The molecule has 258 valence electrons. The summed E-state index contributed by atoms with van der Waals surface area (Å²) in [5, 5.41) is 42.2. The zero-order valence-corrected chi connectivity index (χ0v) is 28.5. The highest BCUT2D eigenvalue weighted by atomic mass is 16.7. The van der Waals surface area contributed by atoms with E-state index in [1.54, 1.807) is 0 Å². The number of fused-ring (bicyclic) bond motifs is 7. The van der Waals surface area contributed by atoms with Gasteiger partial charge in [0.1, 0.15) is 24.4 Å². The number of aliphatic carboxylic acids is 1. The normalized spacial score (nSPS) is 52.7. The fourth-order valence-electron chi connectivity index (χ4n) is 13.5. The lowest BCUT2D eigenvalue weighted by molar-refractivity contribution is -0.281. The van der Waals surface area contributed by atoms with Crippen LogP contribution in [0.4, 0.5) is 0 Å². The highest BCUT2D eigenvalue weighted by Crippen LogP contribution is 2.78. The molecule has 0 aromatic rings. The molecule has 6 rings (SSSR count). The van der Waals surface area contributed by atoms with Crippen LogP contribution in [-0.4, -0.2) is 69.4 Å². The first kappa shape index (κ1) is 34.1. The van der Waals surface area contributed by atoms with E-state index in [0.717, 1.165) is 63.4 Å². The number of ketones is 1. The van der Waals surface area contributed by atoms with Crippen LogP contribution in [0, 0.1) is 62.6 Å². The van der Waals surface area contributed by atoms with E-state index in [1.165, 1.54) is 0 Å². The number of carboxylic acids is 1. The first-order valence-electron chi connectivity index (χ1n) is 17.6. The number of carbonyl (C=O) groups is 3. The summed E-state index contributed by atoms with van der Waals surface area (Å²) >= 11 is 0. The number of aliphatic hydroxyl groups excluding tert-OH is 3. The highest BCUT2D eigenvalue weighted by molar-refractivity contribution is 5.87. The van der Waals surface area contributed by atoms with E-state index in [1.807, 2.05) is 0 Å². The number of hydrogen-bond donors (Lipinski definition) is 4. The molecule has 6 fully saturated rings. The fraction of sp³-hybridized carbons (Fsp3) is 0.865. The number of allylic oxidation sites excluding steroid dienone is 1. The predicted octanol–water partition coefficient (Wildman–Crippen LogP) is 4.89. The Kier molecular flexibility index (Phi) is 8.23. The minimum absolute atomic E-state index is 0.00692. The Bertz CT molecular complexity index is 1280. The molecule has 0 spiro atoms. The molecular weight excluding hydrogens is 588 g/mol. The second kappa shape index (κ2) is 11.1. The monoisotopic (exact) mass is 644 g/mol. The number of hydrogen-bond acceptors (Lipinski definition) is 8. The molecule has 0 aromatic heterocycles. The molecule has 0 aromatic carbocycles. The predicted molar refractivity (Wildman–Crippen MR) is 169 cm³/mol. The molecule has 1 saturated heterocycles. The summed E-state index contributed by atoms with van der Waals surface area (Å²) in [6.45, 7) is 18.3. The molecule has 0 amide bonds. The van der Waals surface area contributed by atoms with Crippen molar-refractivity contribution in [2.75, 3.05) is 0 Å². The van der Waals surface area contributed by atoms with Gasteiger partial charge in [0, 0.05) is 5.92 Å². The van der Waals surface area contributed by atoms with Gasteiger partial charge in [0.15, 0.2) is 5.78 Å². The summed E-state index contributed by atoms with van der Waals surface area (Å²) in [5.41, 5.74) is 0.0512. The summed E-state index contributed by atoms with van der Waals surface area (Å²) < 4.78 is 10.4. The van der Waals surface area contributed by atoms with Crippen molar-refractivity contribution in [3.8, 4) is 0 Å². The first-order chi connectivity index (χ1) is 21.4. The molecule has 46 heavy (non-hydrogen) atoms. The van der Waals surface area contributed by atoms with E-state index in [0.29, 0.717) is 18.3 Å². The summed E-state index contributed by atoms with van der Waals surface area (Å²) in [7, 11) is 0. The van der Waals surface area contributed by atoms with Gasteiger partial charge in [-0.25, -0.2) is 0 Å². The molecule has 15 atom stereocenters. The van der Waals surface area contributed by atoms with Crippen molar-refractivity contribution >= 4 is 18.2 Å². The SMILES string of the molecule is C=C(C)[C@@H]1CC[C@]2(C(=O)O)CC[C@]3(C)C(CCC4[C@@]5(C)CC[C@@H](C(=O)[C@@H]6OC(OC=O)[C@@H](O)[C@H](O)C6O)C(C)(C)C5CC[C@]43C)C12. The average molecular weight is 645 g/mol. The Morgan fingerprint density at radius 2 is 1.52 bits per heavy atom. The van der Waals surface area contributed by atoms with Gasteiger partial charge in [-0.05, 0) is 122 Å². The van der Waals surface area contributed by atoms with E-state index >= 15 is 0 Å². The number of Topliss-reactive ketones (excluding diaryl/α,β-unsaturated/α-hetero) is 1. The number of carboxylic acid groups (broad SMARTS) is 1. The van der Waals surface area contributed by atoms with Crippen molar-refractivity contribution in [3.05, 3.63) is 12.2 Å². The van der Waals surface area contributed by atoms with Crippen molar-refractivity contribution in [1.29, 1.82) is 0 Å². The van der Waals surface area contributed by atoms with Gasteiger partial charge in [-0.2, -0.15) is 0 Å². The van der Waals surface area contributed by atoms with Crippen LogP contribution < -0.4 is 0 Å². The van der Waals surface area contributed by atoms with E-state index < -0.39 is 53.4 Å². The zero-order valence-electron chi connectivity index (χ0n) is 28.5. The number of rotatable bonds is 6. The second-order valence-electron chi connectivity index (χ2n) is 17.6. The van der Waals surface area contributed by atoms with E-state index in [4.69, 9.17) is 9.47 Å². The average Bonchev–Trinajstić information content (AvgIpc) is 3.39. The van der Waals surface area contributed by atoms with Gasteiger partial charge in [0.05, 0.1) is 5.41 Å². The Labute approximate surface area is 273 Å². The zero-order chi connectivity index (χ0) is 33.8. The van der Waals surface area contributed by atoms with E-state index in [9.17, 15) is 34.8 Å². The van der Waals surface area contributed by atoms with Crippen LogP contribution in [0.15, 0.2) is 12.2 Å². The van der Waals surface area contributed by atoms with Crippen molar-refractivity contribution in [1.82, 2.24) is 0 Å². The second-order valence-corrected chi connectivity index (χ2v) is 17.6. The minimum Gasteiger partial charge on any atom is -0.481 e. The van der Waals surface area contributed by atoms with Gasteiger partial charge < -0.3 is 29.9 Å². The summed E-state index contributed by atoms with van der Waals surface area (Å²) in [4.78, 5) is 38.1. The molecule has 1 heterocycles. The number of aliphatic hydroxyl groups is 3. The van der Waals surface area contributed by atoms with Gasteiger partial charge in [-0.3, -0.25) is 14.4 Å². The molecule has 9 nitrogen and oxygen atoms in total. The maximum absolute atomic E-state index is 14.1. The third-order valence-electron chi connectivity index (χ3n) is 15.9. The smallest absolute Gasteiger partial charge is 0.309 e. The molecule has 0 radical (unpaired) electrons. The van der Waals surface area contributed by atoms with Crippen LogP contribution in [0.5, 0.6) is 0 Å². The van der Waals surface area contributed by atoms with Gasteiger partial charge in [0.25, 0.3) is 6.47 Å².